The Morgan fingerprint density at radius 1 is 1.11 bits per heavy atom. The first-order valence-corrected chi connectivity index (χ1v) is 10.3. The number of halogens is 2. The van der Waals surface area contributed by atoms with Crippen molar-refractivity contribution in [2.45, 2.75) is 27.2 Å². The molecule has 1 fully saturated rings. The van der Waals surface area contributed by atoms with Crippen molar-refractivity contribution < 1.29 is 4.39 Å². The first kappa shape index (κ1) is 25.1. The third-order valence-electron chi connectivity index (χ3n) is 5.03. The minimum atomic E-state index is -0.141. The maximum Gasteiger partial charge on any atom is 0.191 e. The summed E-state index contributed by atoms with van der Waals surface area (Å²) in [5.74, 6) is 1.19. The molecule has 0 amide bonds. The summed E-state index contributed by atoms with van der Waals surface area (Å²) in [4.78, 5) is 9.78. The number of guanidine groups is 1. The highest BCUT2D eigenvalue weighted by Gasteiger charge is 2.17. The molecule has 160 valence electrons. The molecule has 1 saturated heterocycles. The number of nitrogens with one attached hydrogen (secondary N) is 2. The summed E-state index contributed by atoms with van der Waals surface area (Å²) in [6.07, 6.45) is 0.647. The Morgan fingerprint density at radius 3 is 2.43 bits per heavy atom. The summed E-state index contributed by atoms with van der Waals surface area (Å²) in [6.45, 7) is 15.7. The molecule has 1 aromatic carbocycles. The van der Waals surface area contributed by atoms with Crippen LogP contribution in [0.2, 0.25) is 0 Å². The fraction of sp³-hybridized carbons (Fsp3) is 0.667. The van der Waals surface area contributed by atoms with Crippen molar-refractivity contribution in [1.29, 1.82) is 0 Å². The molecule has 7 heteroatoms. The average Bonchev–Trinajstić information content (AvgIpc) is 2.68. The molecule has 1 aliphatic heterocycles. The Morgan fingerprint density at radius 2 is 1.79 bits per heavy atom. The van der Waals surface area contributed by atoms with Gasteiger partial charge in [-0.25, -0.2) is 4.39 Å². The van der Waals surface area contributed by atoms with Gasteiger partial charge in [0.05, 0.1) is 0 Å². The number of hydrogen-bond donors (Lipinski definition) is 2. The van der Waals surface area contributed by atoms with Gasteiger partial charge in [0.15, 0.2) is 5.96 Å². The predicted octanol–water partition coefficient (Wildman–Crippen LogP) is 2.81. The lowest BCUT2D eigenvalue weighted by molar-refractivity contribution is 0.125. The van der Waals surface area contributed by atoms with E-state index in [4.69, 9.17) is 4.99 Å². The quantitative estimate of drug-likeness (QED) is 0.308. The zero-order valence-corrected chi connectivity index (χ0v) is 19.9. The van der Waals surface area contributed by atoms with E-state index in [0.717, 1.165) is 50.8 Å². The lowest BCUT2D eigenvalue weighted by Crippen LogP contribution is -2.47. The lowest BCUT2D eigenvalue weighted by Gasteiger charge is -2.35. The van der Waals surface area contributed by atoms with Gasteiger partial charge in [0.25, 0.3) is 0 Å². The van der Waals surface area contributed by atoms with Gasteiger partial charge in [-0.05, 0) is 37.4 Å². The number of rotatable bonds is 9. The van der Waals surface area contributed by atoms with Crippen LogP contribution < -0.4 is 10.6 Å². The molecule has 28 heavy (non-hydrogen) atoms. The van der Waals surface area contributed by atoms with Crippen molar-refractivity contribution in [3.63, 3.8) is 0 Å². The van der Waals surface area contributed by atoms with Gasteiger partial charge >= 0.3 is 0 Å². The minimum Gasteiger partial charge on any atom is -0.357 e. The van der Waals surface area contributed by atoms with Crippen molar-refractivity contribution in [3.8, 4) is 0 Å². The Bertz CT molecular complexity index is 576. The second-order valence-electron chi connectivity index (χ2n) is 7.33. The minimum absolute atomic E-state index is 0. The lowest BCUT2D eigenvalue weighted by atomic mass is 10.1. The second-order valence-corrected chi connectivity index (χ2v) is 7.33. The SMILES string of the molecule is CCNC(=NCC(C)CN1CCN(CC)CC1)NCCc1ccccc1F.I. The fourth-order valence-electron chi connectivity index (χ4n) is 3.39. The largest absolute Gasteiger partial charge is 0.357 e. The van der Waals surface area contributed by atoms with Gasteiger partial charge in [0.2, 0.25) is 0 Å². The van der Waals surface area contributed by atoms with E-state index in [0.29, 0.717) is 18.9 Å². The summed E-state index contributed by atoms with van der Waals surface area (Å²) in [5, 5.41) is 6.60. The number of likely N-dealkylation sites (N-methyl/N-ethyl adjacent to an activating group) is 1. The Hall–Kier alpha value is -0.930. The molecule has 1 heterocycles. The topological polar surface area (TPSA) is 42.9 Å². The average molecular weight is 505 g/mol. The van der Waals surface area contributed by atoms with Gasteiger partial charge in [0, 0.05) is 52.4 Å². The Kier molecular flexibility index (Phi) is 12.7. The first-order chi connectivity index (χ1) is 13.1. The van der Waals surface area contributed by atoms with E-state index >= 15 is 0 Å². The van der Waals surface area contributed by atoms with Crippen LogP contribution in [0.3, 0.4) is 0 Å². The molecule has 0 radical (unpaired) electrons. The van der Waals surface area contributed by atoms with Gasteiger partial charge < -0.3 is 20.4 Å². The molecule has 0 saturated carbocycles. The normalized spacial score (nSPS) is 17.1. The second kappa shape index (κ2) is 14.1. The third kappa shape index (κ3) is 9.05. The van der Waals surface area contributed by atoms with Crippen LogP contribution in [-0.4, -0.2) is 74.7 Å². The molecule has 5 nitrogen and oxygen atoms in total. The Labute approximate surface area is 187 Å². The zero-order valence-electron chi connectivity index (χ0n) is 17.6. The highest BCUT2D eigenvalue weighted by molar-refractivity contribution is 14.0. The standard InChI is InChI=1S/C21H36FN5.HI/c1-4-23-21(24-11-10-19-8-6-7-9-20(19)22)25-16-18(3)17-27-14-12-26(5-2)13-15-27;/h6-9,18H,4-5,10-17H2,1-3H3,(H2,23,24,25);1H. The predicted molar refractivity (Wildman–Crippen MR) is 127 cm³/mol. The van der Waals surface area contributed by atoms with E-state index in [1.165, 1.54) is 19.2 Å². The molecular weight excluding hydrogens is 468 g/mol. The fourth-order valence-corrected chi connectivity index (χ4v) is 3.39. The van der Waals surface area contributed by atoms with E-state index in [1.54, 1.807) is 6.07 Å². The summed E-state index contributed by atoms with van der Waals surface area (Å²) < 4.78 is 13.7. The van der Waals surface area contributed by atoms with Crippen molar-refractivity contribution in [1.82, 2.24) is 20.4 Å². The van der Waals surface area contributed by atoms with Crippen molar-refractivity contribution >= 4 is 29.9 Å². The molecule has 0 spiro atoms. The van der Waals surface area contributed by atoms with Gasteiger partial charge in [-0.3, -0.25) is 4.99 Å². The summed E-state index contributed by atoms with van der Waals surface area (Å²) in [6, 6.07) is 6.94. The van der Waals surface area contributed by atoms with Crippen LogP contribution in [0.25, 0.3) is 0 Å². The molecule has 0 aromatic heterocycles. The smallest absolute Gasteiger partial charge is 0.191 e. The number of benzene rings is 1. The summed E-state index contributed by atoms with van der Waals surface area (Å²) in [5.41, 5.74) is 0.737. The number of aliphatic imine (C=N–C) groups is 1. The third-order valence-corrected chi connectivity index (χ3v) is 5.03. The monoisotopic (exact) mass is 505 g/mol. The van der Waals surface area contributed by atoms with E-state index in [-0.39, 0.29) is 29.8 Å². The number of nitrogens with zero attached hydrogens (tertiary/aromatic N) is 3. The summed E-state index contributed by atoms with van der Waals surface area (Å²) >= 11 is 0. The van der Waals surface area contributed by atoms with Crippen LogP contribution in [0.5, 0.6) is 0 Å². The molecule has 1 aromatic rings. The summed E-state index contributed by atoms with van der Waals surface area (Å²) in [7, 11) is 0. The van der Waals surface area contributed by atoms with E-state index in [2.05, 4.69) is 41.2 Å². The van der Waals surface area contributed by atoms with Gasteiger partial charge in [-0.2, -0.15) is 0 Å². The van der Waals surface area contributed by atoms with E-state index in [1.807, 2.05) is 12.1 Å². The van der Waals surface area contributed by atoms with Crippen LogP contribution >= 0.6 is 24.0 Å². The molecule has 2 N–H and O–H groups in total. The molecule has 2 rings (SSSR count). The van der Waals surface area contributed by atoms with Gasteiger partial charge in [-0.1, -0.05) is 32.0 Å². The molecular formula is C21H37FIN5. The molecule has 0 aliphatic carbocycles. The molecule has 1 unspecified atom stereocenters. The molecule has 1 aliphatic rings. The molecule has 1 atom stereocenters. The van der Waals surface area contributed by atoms with Crippen LogP contribution in [0.15, 0.2) is 29.3 Å². The van der Waals surface area contributed by atoms with Gasteiger partial charge in [0.1, 0.15) is 5.82 Å². The van der Waals surface area contributed by atoms with Crippen LogP contribution in [0, 0.1) is 11.7 Å². The van der Waals surface area contributed by atoms with Gasteiger partial charge in [-0.15, -0.1) is 24.0 Å². The zero-order chi connectivity index (χ0) is 19.5. The molecule has 0 bridgehead atoms. The maximum atomic E-state index is 13.7. The first-order valence-electron chi connectivity index (χ1n) is 10.3. The number of piperazine rings is 1. The highest BCUT2D eigenvalue weighted by atomic mass is 127. The van der Waals surface area contributed by atoms with Crippen molar-refractivity contribution in [2.75, 3.05) is 58.9 Å². The highest BCUT2D eigenvalue weighted by Crippen LogP contribution is 2.07. The van der Waals surface area contributed by atoms with E-state index < -0.39 is 0 Å². The van der Waals surface area contributed by atoms with Crippen LogP contribution in [0.1, 0.15) is 26.3 Å². The number of hydrogen-bond acceptors (Lipinski definition) is 3. The Balaban J connectivity index is 0.00000392. The van der Waals surface area contributed by atoms with E-state index in [9.17, 15) is 4.39 Å². The van der Waals surface area contributed by atoms with Crippen molar-refractivity contribution in [2.24, 2.45) is 10.9 Å². The van der Waals surface area contributed by atoms with Crippen LogP contribution in [-0.2, 0) is 6.42 Å². The van der Waals surface area contributed by atoms with Crippen molar-refractivity contribution in [3.05, 3.63) is 35.6 Å². The van der Waals surface area contributed by atoms with Crippen LogP contribution in [0.4, 0.5) is 4.39 Å². The maximum absolute atomic E-state index is 13.7.